The lowest BCUT2D eigenvalue weighted by molar-refractivity contribution is -0.137. The van der Waals surface area contributed by atoms with Gasteiger partial charge in [-0.1, -0.05) is 6.07 Å². The second kappa shape index (κ2) is 7.15. The molecule has 2 N–H and O–H groups in total. The van der Waals surface area contributed by atoms with E-state index in [1.807, 2.05) is 13.8 Å². The number of hydrogen-bond acceptors (Lipinski definition) is 4. The highest BCUT2D eigenvalue weighted by atomic mass is 32.1. The number of carbonyl (C=O) groups excluding carboxylic acids is 1. The highest BCUT2D eigenvalue weighted by molar-refractivity contribution is 7.18. The van der Waals surface area contributed by atoms with Crippen LogP contribution in [-0.4, -0.2) is 15.9 Å². The molecule has 142 valence electrons. The number of aryl methyl sites for hydroxylation is 3. The average molecular weight is 395 g/mol. The van der Waals surface area contributed by atoms with Crippen LogP contribution in [0.1, 0.15) is 28.2 Å². The van der Waals surface area contributed by atoms with Crippen LogP contribution in [0.15, 0.2) is 29.1 Å². The van der Waals surface area contributed by atoms with Crippen molar-refractivity contribution in [3.05, 3.63) is 56.4 Å². The number of rotatable bonds is 4. The van der Waals surface area contributed by atoms with E-state index in [0.29, 0.717) is 16.0 Å². The lowest BCUT2D eigenvalue weighted by Crippen LogP contribution is -2.16. The molecule has 1 amide bonds. The highest BCUT2D eigenvalue weighted by Gasteiger charge is 2.30. The fraction of sp³-hybridized carbons (Fsp3) is 0.278. The Morgan fingerprint density at radius 1 is 1.30 bits per heavy atom. The smallest absolute Gasteiger partial charge is 0.326 e. The molecule has 2 heterocycles. The number of aromatic nitrogens is 2. The van der Waals surface area contributed by atoms with E-state index >= 15 is 0 Å². The third-order valence-electron chi connectivity index (χ3n) is 4.15. The van der Waals surface area contributed by atoms with Gasteiger partial charge in [0.2, 0.25) is 5.91 Å². The van der Waals surface area contributed by atoms with E-state index in [4.69, 9.17) is 0 Å². The quantitative estimate of drug-likeness (QED) is 0.696. The van der Waals surface area contributed by atoms with Crippen LogP contribution in [-0.2, 0) is 17.4 Å². The first-order valence-corrected chi connectivity index (χ1v) is 8.93. The first-order chi connectivity index (χ1) is 12.6. The number of nitrogens with one attached hydrogen (secondary N) is 2. The van der Waals surface area contributed by atoms with Crippen molar-refractivity contribution in [1.82, 2.24) is 9.97 Å². The lowest BCUT2D eigenvalue weighted by atomic mass is 10.2. The Bertz CT molecular complexity index is 1070. The molecule has 9 heteroatoms. The number of thiophene rings is 1. The summed E-state index contributed by atoms with van der Waals surface area (Å²) in [5.74, 6) is -0.0939. The minimum absolute atomic E-state index is 0.0198. The van der Waals surface area contributed by atoms with Crippen LogP contribution in [0.3, 0.4) is 0 Å². The minimum atomic E-state index is -4.48. The van der Waals surface area contributed by atoms with Crippen molar-refractivity contribution in [2.45, 2.75) is 32.9 Å². The van der Waals surface area contributed by atoms with E-state index in [9.17, 15) is 22.8 Å². The Hall–Kier alpha value is -2.68. The highest BCUT2D eigenvalue weighted by Crippen LogP contribution is 2.30. The molecule has 2 aromatic heterocycles. The van der Waals surface area contributed by atoms with E-state index in [2.05, 4.69) is 15.3 Å². The molecule has 0 unspecified atom stereocenters. The Balaban J connectivity index is 1.69. The fourth-order valence-electron chi connectivity index (χ4n) is 2.65. The maximum atomic E-state index is 12.7. The van der Waals surface area contributed by atoms with Crippen LogP contribution in [0, 0.1) is 13.8 Å². The number of carbonyl (C=O) groups is 1. The van der Waals surface area contributed by atoms with Gasteiger partial charge in [0.1, 0.15) is 10.7 Å². The summed E-state index contributed by atoms with van der Waals surface area (Å²) in [6, 6.07) is 4.43. The van der Waals surface area contributed by atoms with Gasteiger partial charge in [-0.25, -0.2) is 4.98 Å². The van der Waals surface area contributed by atoms with Gasteiger partial charge in [-0.2, -0.15) is 13.2 Å². The summed E-state index contributed by atoms with van der Waals surface area (Å²) in [5.41, 5.74) is -0.135. The molecule has 0 aliphatic heterocycles. The van der Waals surface area contributed by atoms with Crippen LogP contribution in [0.4, 0.5) is 18.9 Å². The molecule has 0 saturated heterocycles. The Kier molecular flexibility index (Phi) is 5.05. The molecular formula is C18H16F3N3O2S. The molecule has 0 aliphatic rings. The van der Waals surface area contributed by atoms with Gasteiger partial charge in [0, 0.05) is 23.4 Å². The number of anilines is 1. The molecule has 0 radical (unpaired) electrons. The van der Waals surface area contributed by atoms with Crippen LogP contribution in [0.2, 0.25) is 0 Å². The normalized spacial score (nSPS) is 11.7. The first-order valence-electron chi connectivity index (χ1n) is 8.11. The van der Waals surface area contributed by atoms with Gasteiger partial charge in [0.25, 0.3) is 5.56 Å². The first kappa shape index (κ1) is 19.1. The molecule has 0 saturated carbocycles. The summed E-state index contributed by atoms with van der Waals surface area (Å²) in [6.07, 6.45) is -4.32. The molecule has 3 aromatic rings. The van der Waals surface area contributed by atoms with Crippen molar-refractivity contribution in [2.24, 2.45) is 0 Å². The topological polar surface area (TPSA) is 74.8 Å². The van der Waals surface area contributed by atoms with Gasteiger partial charge in [-0.05, 0) is 37.6 Å². The van der Waals surface area contributed by atoms with Crippen LogP contribution >= 0.6 is 11.3 Å². The Morgan fingerprint density at radius 2 is 2.04 bits per heavy atom. The Labute approximate surface area is 156 Å². The van der Waals surface area contributed by atoms with Crippen molar-refractivity contribution in [3.8, 4) is 0 Å². The van der Waals surface area contributed by atoms with Crippen molar-refractivity contribution in [3.63, 3.8) is 0 Å². The van der Waals surface area contributed by atoms with E-state index in [1.54, 1.807) is 0 Å². The number of fused-ring (bicyclic) bond motifs is 1. The van der Waals surface area contributed by atoms with Crippen molar-refractivity contribution < 1.29 is 18.0 Å². The lowest BCUT2D eigenvalue weighted by Gasteiger charge is -2.09. The van der Waals surface area contributed by atoms with Gasteiger partial charge in [0.15, 0.2) is 0 Å². The summed E-state index contributed by atoms with van der Waals surface area (Å²) in [7, 11) is 0. The van der Waals surface area contributed by atoms with E-state index in [-0.39, 0.29) is 24.1 Å². The maximum absolute atomic E-state index is 12.7. The van der Waals surface area contributed by atoms with Crippen molar-refractivity contribution in [1.29, 1.82) is 0 Å². The van der Waals surface area contributed by atoms with Gasteiger partial charge in [0.05, 0.1) is 10.9 Å². The van der Waals surface area contributed by atoms with Crippen LogP contribution in [0.25, 0.3) is 10.2 Å². The number of nitrogens with zero attached hydrogens (tertiary/aromatic N) is 1. The predicted octanol–water partition coefficient (Wildman–Crippen LogP) is 4.19. The molecule has 5 nitrogen and oxygen atoms in total. The number of hydrogen-bond donors (Lipinski definition) is 2. The predicted molar refractivity (Wildman–Crippen MR) is 98.1 cm³/mol. The second-order valence-corrected chi connectivity index (χ2v) is 7.31. The standard InChI is InChI=1S/C18H16F3N3O2S/c1-9-10(2)27-17-15(9)16(26)23-13(24-17)6-7-14(25)22-12-5-3-4-11(8-12)18(19,20)21/h3-5,8H,6-7H2,1-2H3,(H,22,25)(H,23,24,26). The molecular weight excluding hydrogens is 379 g/mol. The third kappa shape index (κ3) is 4.19. The van der Waals surface area contributed by atoms with Crippen LogP contribution < -0.4 is 10.9 Å². The third-order valence-corrected chi connectivity index (χ3v) is 5.25. The van der Waals surface area contributed by atoms with E-state index in [1.165, 1.54) is 23.5 Å². The number of benzene rings is 1. The summed E-state index contributed by atoms with van der Waals surface area (Å²) >= 11 is 1.41. The van der Waals surface area contributed by atoms with Gasteiger partial charge in [-0.15, -0.1) is 11.3 Å². The molecule has 0 aliphatic carbocycles. The number of amides is 1. The molecule has 27 heavy (non-hydrogen) atoms. The zero-order valence-corrected chi connectivity index (χ0v) is 15.3. The average Bonchev–Trinajstić information content (AvgIpc) is 2.87. The van der Waals surface area contributed by atoms with E-state index < -0.39 is 17.6 Å². The van der Waals surface area contributed by atoms with Crippen LogP contribution in [0.5, 0.6) is 0 Å². The largest absolute Gasteiger partial charge is 0.416 e. The summed E-state index contributed by atoms with van der Waals surface area (Å²) in [4.78, 5) is 32.9. The monoisotopic (exact) mass is 395 g/mol. The SMILES string of the molecule is Cc1sc2nc(CCC(=O)Nc3cccc(C(F)(F)F)c3)[nH]c(=O)c2c1C. The number of halogens is 3. The van der Waals surface area contributed by atoms with Gasteiger partial charge >= 0.3 is 6.18 Å². The molecule has 0 fully saturated rings. The molecule has 0 bridgehead atoms. The van der Waals surface area contributed by atoms with Gasteiger partial charge < -0.3 is 10.3 Å². The zero-order valence-electron chi connectivity index (χ0n) is 14.5. The second-order valence-electron chi connectivity index (χ2n) is 6.10. The molecule has 0 atom stereocenters. The molecule has 1 aromatic carbocycles. The summed E-state index contributed by atoms with van der Waals surface area (Å²) < 4.78 is 38.1. The van der Waals surface area contributed by atoms with Gasteiger partial charge in [-0.3, -0.25) is 9.59 Å². The molecule has 3 rings (SSSR count). The Morgan fingerprint density at radius 3 is 2.74 bits per heavy atom. The summed E-state index contributed by atoms with van der Waals surface area (Å²) in [5, 5.41) is 2.98. The van der Waals surface area contributed by atoms with Crippen molar-refractivity contribution >= 4 is 33.1 Å². The number of H-pyrrole nitrogens is 1. The number of aromatic amines is 1. The minimum Gasteiger partial charge on any atom is -0.326 e. The maximum Gasteiger partial charge on any atom is 0.416 e. The van der Waals surface area contributed by atoms with E-state index in [0.717, 1.165) is 22.6 Å². The molecule has 0 spiro atoms. The summed E-state index contributed by atoms with van der Waals surface area (Å²) in [6.45, 7) is 3.76. The fourth-order valence-corrected chi connectivity index (χ4v) is 3.70. The zero-order chi connectivity index (χ0) is 19.8. The van der Waals surface area contributed by atoms with Crippen molar-refractivity contribution in [2.75, 3.05) is 5.32 Å². The number of alkyl halides is 3.